The average molecular weight is 380 g/mol. The molecule has 28 heavy (non-hydrogen) atoms. The summed E-state index contributed by atoms with van der Waals surface area (Å²) in [5.74, 6) is 1.15. The number of pyridine rings is 1. The van der Waals surface area contributed by atoms with Crippen LogP contribution in [0.15, 0.2) is 48.7 Å². The Kier molecular flexibility index (Phi) is 5.36. The second-order valence-corrected chi connectivity index (χ2v) is 8.22. The number of fused-ring (bicyclic) bond motifs is 1. The molecule has 1 spiro atoms. The molecule has 1 fully saturated rings. The number of carbonyl (C=O) groups excluding carboxylic acids is 1. The SMILES string of the molecule is CC(=O)N(C)C1CCC2(CC1)CN(Cc1ccccn1)Cc1ccccc1O2. The predicted octanol–water partition coefficient (Wildman–Crippen LogP) is 3.64. The number of hydrogen-bond donors (Lipinski definition) is 0. The Morgan fingerprint density at radius 1 is 1.21 bits per heavy atom. The molecule has 148 valence electrons. The van der Waals surface area contributed by atoms with E-state index in [1.54, 1.807) is 6.92 Å². The number of benzene rings is 1. The number of amides is 1. The maximum absolute atomic E-state index is 11.8. The van der Waals surface area contributed by atoms with Crippen LogP contribution in [-0.4, -0.2) is 45.9 Å². The van der Waals surface area contributed by atoms with Gasteiger partial charge in [0.1, 0.15) is 11.4 Å². The average Bonchev–Trinajstić information content (AvgIpc) is 2.84. The molecule has 1 aliphatic heterocycles. The van der Waals surface area contributed by atoms with Crippen LogP contribution in [0.4, 0.5) is 0 Å². The van der Waals surface area contributed by atoms with Crippen molar-refractivity contribution in [3.63, 3.8) is 0 Å². The van der Waals surface area contributed by atoms with Crippen molar-refractivity contribution in [2.24, 2.45) is 0 Å². The van der Waals surface area contributed by atoms with E-state index in [4.69, 9.17) is 4.74 Å². The second-order valence-electron chi connectivity index (χ2n) is 8.22. The highest BCUT2D eigenvalue weighted by molar-refractivity contribution is 5.73. The zero-order valence-corrected chi connectivity index (χ0v) is 16.8. The summed E-state index contributed by atoms with van der Waals surface area (Å²) >= 11 is 0. The van der Waals surface area contributed by atoms with Gasteiger partial charge >= 0.3 is 0 Å². The van der Waals surface area contributed by atoms with E-state index in [0.717, 1.165) is 56.8 Å². The largest absolute Gasteiger partial charge is 0.486 e. The van der Waals surface area contributed by atoms with Crippen LogP contribution in [0.3, 0.4) is 0 Å². The van der Waals surface area contributed by atoms with Gasteiger partial charge in [0.05, 0.1) is 5.69 Å². The summed E-state index contributed by atoms with van der Waals surface area (Å²) in [4.78, 5) is 20.6. The standard InChI is InChI=1S/C23H29N3O2/c1-18(27)25(2)21-10-12-23(13-11-21)17-26(16-20-8-5-6-14-24-20)15-19-7-3-4-9-22(19)28-23/h3-9,14,21H,10-13,15-17H2,1-2H3. The van der Waals surface area contributed by atoms with Crippen molar-refractivity contribution in [2.45, 2.75) is 57.3 Å². The van der Waals surface area contributed by atoms with Crippen LogP contribution < -0.4 is 4.74 Å². The fraction of sp³-hybridized carbons (Fsp3) is 0.478. The molecule has 5 heteroatoms. The Morgan fingerprint density at radius 2 is 1.96 bits per heavy atom. The molecule has 1 aromatic carbocycles. The normalized spacial score (nSPS) is 24.9. The van der Waals surface area contributed by atoms with Crippen molar-refractivity contribution in [1.29, 1.82) is 0 Å². The minimum atomic E-state index is -0.199. The summed E-state index contributed by atoms with van der Waals surface area (Å²) in [6.07, 6.45) is 5.74. The zero-order chi connectivity index (χ0) is 19.6. The first-order chi connectivity index (χ1) is 13.5. The van der Waals surface area contributed by atoms with Crippen LogP contribution in [0, 0.1) is 0 Å². The minimum absolute atomic E-state index is 0.143. The first-order valence-electron chi connectivity index (χ1n) is 10.2. The van der Waals surface area contributed by atoms with Gasteiger partial charge in [-0.25, -0.2) is 0 Å². The van der Waals surface area contributed by atoms with E-state index in [-0.39, 0.29) is 11.5 Å². The third-order valence-electron chi connectivity index (χ3n) is 6.23. The molecular weight excluding hydrogens is 350 g/mol. The Balaban J connectivity index is 1.56. The van der Waals surface area contributed by atoms with Gasteiger partial charge in [0.2, 0.25) is 5.91 Å². The van der Waals surface area contributed by atoms with Crippen molar-refractivity contribution in [3.05, 3.63) is 59.9 Å². The van der Waals surface area contributed by atoms with E-state index in [1.165, 1.54) is 5.56 Å². The lowest BCUT2D eigenvalue weighted by molar-refractivity contribution is -0.131. The number of carbonyl (C=O) groups is 1. The lowest BCUT2D eigenvalue weighted by atomic mass is 9.81. The fourth-order valence-corrected chi connectivity index (χ4v) is 4.57. The van der Waals surface area contributed by atoms with Gasteiger partial charge in [-0.2, -0.15) is 0 Å². The quantitative estimate of drug-likeness (QED) is 0.817. The Labute approximate surface area is 167 Å². The zero-order valence-electron chi connectivity index (χ0n) is 16.8. The van der Waals surface area contributed by atoms with Crippen molar-refractivity contribution in [1.82, 2.24) is 14.8 Å². The predicted molar refractivity (Wildman–Crippen MR) is 109 cm³/mol. The summed E-state index contributed by atoms with van der Waals surface area (Å²) in [6.45, 7) is 4.22. The summed E-state index contributed by atoms with van der Waals surface area (Å²) < 4.78 is 6.68. The van der Waals surface area contributed by atoms with E-state index in [0.29, 0.717) is 6.04 Å². The summed E-state index contributed by atoms with van der Waals surface area (Å²) in [7, 11) is 1.92. The van der Waals surface area contributed by atoms with Crippen LogP contribution in [0.1, 0.15) is 43.9 Å². The topological polar surface area (TPSA) is 45.7 Å². The molecule has 4 rings (SSSR count). The molecule has 1 amide bonds. The summed E-state index contributed by atoms with van der Waals surface area (Å²) in [6, 6.07) is 14.8. The van der Waals surface area contributed by atoms with Gasteiger partial charge in [-0.05, 0) is 43.9 Å². The Morgan fingerprint density at radius 3 is 2.68 bits per heavy atom. The molecule has 1 aliphatic carbocycles. The Hall–Kier alpha value is -2.40. The number of hydrogen-bond acceptors (Lipinski definition) is 4. The van der Waals surface area contributed by atoms with Crippen molar-refractivity contribution in [2.75, 3.05) is 13.6 Å². The van der Waals surface area contributed by atoms with Crippen LogP contribution in [0.25, 0.3) is 0 Å². The van der Waals surface area contributed by atoms with Crippen LogP contribution >= 0.6 is 0 Å². The molecule has 0 radical (unpaired) electrons. The van der Waals surface area contributed by atoms with Crippen LogP contribution in [-0.2, 0) is 17.9 Å². The molecule has 0 atom stereocenters. The molecule has 0 unspecified atom stereocenters. The van der Waals surface area contributed by atoms with Gasteiger partial charge in [0.25, 0.3) is 0 Å². The number of aromatic nitrogens is 1. The highest BCUT2D eigenvalue weighted by Gasteiger charge is 2.42. The van der Waals surface area contributed by atoms with Crippen molar-refractivity contribution >= 4 is 5.91 Å². The molecule has 2 heterocycles. The third kappa shape index (κ3) is 4.04. The third-order valence-corrected chi connectivity index (χ3v) is 6.23. The van der Waals surface area contributed by atoms with Crippen molar-refractivity contribution in [3.8, 4) is 5.75 Å². The maximum atomic E-state index is 11.8. The van der Waals surface area contributed by atoms with Gasteiger partial charge in [-0.3, -0.25) is 14.7 Å². The number of rotatable bonds is 3. The highest BCUT2D eigenvalue weighted by Crippen LogP contribution is 2.39. The van der Waals surface area contributed by atoms with Gasteiger partial charge in [-0.1, -0.05) is 24.3 Å². The molecule has 0 N–H and O–H groups in total. The Bertz CT molecular complexity index is 816. The lowest BCUT2D eigenvalue weighted by Crippen LogP contribution is -2.51. The van der Waals surface area contributed by atoms with E-state index in [2.05, 4.69) is 40.2 Å². The first kappa shape index (κ1) is 18.9. The van der Waals surface area contributed by atoms with Gasteiger partial charge in [-0.15, -0.1) is 0 Å². The van der Waals surface area contributed by atoms with E-state index >= 15 is 0 Å². The summed E-state index contributed by atoms with van der Waals surface area (Å²) in [5.41, 5.74) is 2.12. The smallest absolute Gasteiger partial charge is 0.219 e. The highest BCUT2D eigenvalue weighted by atomic mass is 16.5. The number of ether oxygens (including phenoxy) is 1. The van der Waals surface area contributed by atoms with Gasteiger partial charge in [0, 0.05) is 51.4 Å². The number of nitrogens with zero attached hydrogens (tertiary/aromatic N) is 3. The van der Waals surface area contributed by atoms with Gasteiger partial charge < -0.3 is 9.64 Å². The molecule has 1 saturated carbocycles. The van der Waals surface area contributed by atoms with Crippen LogP contribution in [0.2, 0.25) is 0 Å². The molecule has 0 saturated heterocycles. The van der Waals surface area contributed by atoms with E-state index in [1.807, 2.05) is 30.3 Å². The van der Waals surface area contributed by atoms with Gasteiger partial charge in [0.15, 0.2) is 0 Å². The molecule has 2 aromatic rings. The van der Waals surface area contributed by atoms with Crippen LogP contribution in [0.5, 0.6) is 5.75 Å². The molecular formula is C23H29N3O2. The molecule has 0 bridgehead atoms. The first-order valence-corrected chi connectivity index (χ1v) is 10.2. The lowest BCUT2D eigenvalue weighted by Gasteiger charge is -2.43. The fourth-order valence-electron chi connectivity index (χ4n) is 4.57. The minimum Gasteiger partial charge on any atom is -0.486 e. The number of para-hydroxylation sites is 1. The second kappa shape index (κ2) is 7.92. The summed E-state index contributed by atoms with van der Waals surface area (Å²) in [5, 5.41) is 0. The molecule has 2 aliphatic rings. The molecule has 5 nitrogen and oxygen atoms in total. The van der Waals surface area contributed by atoms with E-state index in [9.17, 15) is 4.79 Å². The van der Waals surface area contributed by atoms with Crippen molar-refractivity contribution < 1.29 is 9.53 Å². The monoisotopic (exact) mass is 379 g/mol. The molecule has 1 aromatic heterocycles. The van der Waals surface area contributed by atoms with E-state index < -0.39 is 0 Å². The maximum Gasteiger partial charge on any atom is 0.219 e.